The van der Waals surface area contributed by atoms with E-state index >= 15 is 0 Å². The van der Waals surface area contributed by atoms with Crippen molar-refractivity contribution >= 4 is 29.4 Å². The van der Waals surface area contributed by atoms with Gasteiger partial charge in [0.15, 0.2) is 0 Å². The van der Waals surface area contributed by atoms with Crippen molar-refractivity contribution in [3.8, 4) is 11.3 Å². The number of hydrogen-bond acceptors (Lipinski definition) is 3. The highest BCUT2D eigenvalue weighted by Crippen LogP contribution is 2.34. The summed E-state index contributed by atoms with van der Waals surface area (Å²) in [5.74, 6) is 0. The van der Waals surface area contributed by atoms with Gasteiger partial charge in [0, 0.05) is 29.4 Å². The summed E-state index contributed by atoms with van der Waals surface area (Å²) in [5.41, 5.74) is 0.454. The van der Waals surface area contributed by atoms with Gasteiger partial charge >= 0.3 is 6.18 Å². The van der Waals surface area contributed by atoms with Crippen LogP contribution in [0.4, 0.5) is 13.2 Å². The van der Waals surface area contributed by atoms with Crippen LogP contribution in [0.1, 0.15) is 11.1 Å². The van der Waals surface area contributed by atoms with Crippen molar-refractivity contribution in [3.63, 3.8) is 0 Å². The van der Waals surface area contributed by atoms with E-state index in [0.717, 1.165) is 12.3 Å². The highest BCUT2D eigenvalue weighted by Gasteiger charge is 2.31. The Balaban J connectivity index is 2.44. The van der Waals surface area contributed by atoms with Crippen LogP contribution in [0.2, 0.25) is 10.0 Å². The number of rotatable bonds is 3. The predicted molar refractivity (Wildman–Crippen MR) is 78.7 cm³/mol. The molecule has 1 aromatic carbocycles. The van der Waals surface area contributed by atoms with Gasteiger partial charge in [-0.3, -0.25) is 4.98 Å². The zero-order chi connectivity index (χ0) is 16.3. The van der Waals surface area contributed by atoms with Gasteiger partial charge in [-0.2, -0.15) is 13.2 Å². The van der Waals surface area contributed by atoms with Gasteiger partial charge in [-0.25, -0.2) is 0 Å². The summed E-state index contributed by atoms with van der Waals surface area (Å²) in [6, 6.07) is 5.63. The first-order valence-corrected chi connectivity index (χ1v) is 6.76. The zero-order valence-electron chi connectivity index (χ0n) is 10.9. The fourth-order valence-electron chi connectivity index (χ4n) is 1.82. The standard InChI is InChI=1S/C14H9Cl2F3N2O/c15-11-2-1-9(5-8(11)3-4-21-22)13-12(16)6-10(7-20-13)14(17,18)19/h1-2,4-7,22H,3H2. The first-order valence-electron chi connectivity index (χ1n) is 6.00. The molecule has 3 nitrogen and oxygen atoms in total. The van der Waals surface area contributed by atoms with E-state index in [4.69, 9.17) is 28.4 Å². The van der Waals surface area contributed by atoms with E-state index in [1.54, 1.807) is 18.2 Å². The maximum Gasteiger partial charge on any atom is 0.417 e. The first kappa shape index (κ1) is 16.6. The average molecular weight is 349 g/mol. The van der Waals surface area contributed by atoms with Gasteiger partial charge in [0.2, 0.25) is 0 Å². The SMILES string of the molecule is ON=CCc1cc(-c2ncc(C(F)(F)F)cc2Cl)ccc1Cl. The van der Waals surface area contributed by atoms with E-state index in [-0.39, 0.29) is 17.1 Å². The molecule has 1 aromatic heterocycles. The van der Waals surface area contributed by atoms with Crippen LogP contribution in [0, 0.1) is 0 Å². The third-order valence-electron chi connectivity index (χ3n) is 2.88. The Bertz CT molecular complexity index is 718. The summed E-state index contributed by atoms with van der Waals surface area (Å²) < 4.78 is 37.8. The molecule has 0 saturated heterocycles. The highest BCUT2D eigenvalue weighted by molar-refractivity contribution is 6.33. The molecule has 0 bridgehead atoms. The topological polar surface area (TPSA) is 45.5 Å². The van der Waals surface area contributed by atoms with Crippen LogP contribution >= 0.6 is 23.2 Å². The van der Waals surface area contributed by atoms with Gasteiger partial charge in [0.05, 0.1) is 16.3 Å². The van der Waals surface area contributed by atoms with E-state index in [0.29, 0.717) is 16.1 Å². The lowest BCUT2D eigenvalue weighted by molar-refractivity contribution is -0.137. The molecule has 1 N–H and O–H groups in total. The van der Waals surface area contributed by atoms with Gasteiger partial charge in [-0.1, -0.05) is 29.3 Å². The monoisotopic (exact) mass is 348 g/mol. The summed E-state index contributed by atoms with van der Waals surface area (Å²) in [7, 11) is 0. The number of oxime groups is 1. The van der Waals surface area contributed by atoms with Gasteiger partial charge in [-0.15, -0.1) is 5.16 Å². The fourth-order valence-corrected chi connectivity index (χ4v) is 2.29. The largest absolute Gasteiger partial charge is 0.417 e. The lowest BCUT2D eigenvalue weighted by Gasteiger charge is -2.10. The van der Waals surface area contributed by atoms with Crippen LogP contribution in [0.25, 0.3) is 11.3 Å². The Morgan fingerprint density at radius 3 is 2.50 bits per heavy atom. The van der Waals surface area contributed by atoms with Gasteiger partial charge in [0.1, 0.15) is 0 Å². The molecule has 0 amide bonds. The van der Waals surface area contributed by atoms with Crippen molar-refractivity contribution < 1.29 is 18.4 Å². The summed E-state index contributed by atoms with van der Waals surface area (Å²) in [4.78, 5) is 3.79. The van der Waals surface area contributed by atoms with Crippen LogP contribution < -0.4 is 0 Å². The van der Waals surface area contributed by atoms with Gasteiger partial charge in [-0.05, 0) is 23.8 Å². The molecule has 0 aliphatic carbocycles. The molecular formula is C14H9Cl2F3N2O. The summed E-state index contributed by atoms with van der Waals surface area (Å²) >= 11 is 11.9. The van der Waals surface area contributed by atoms with Crippen molar-refractivity contribution in [2.75, 3.05) is 0 Å². The minimum atomic E-state index is -4.50. The highest BCUT2D eigenvalue weighted by atomic mass is 35.5. The summed E-state index contributed by atoms with van der Waals surface area (Å²) in [5, 5.41) is 11.6. The quantitative estimate of drug-likeness (QED) is 0.477. The molecule has 0 fully saturated rings. The Kier molecular flexibility index (Phi) is 4.93. The molecule has 0 atom stereocenters. The number of pyridine rings is 1. The van der Waals surface area contributed by atoms with Crippen molar-refractivity contribution in [1.82, 2.24) is 4.98 Å². The van der Waals surface area contributed by atoms with Crippen LogP contribution in [-0.2, 0) is 12.6 Å². The van der Waals surface area contributed by atoms with E-state index < -0.39 is 11.7 Å². The lowest BCUT2D eigenvalue weighted by Crippen LogP contribution is -2.05. The molecule has 2 rings (SSSR count). The van der Waals surface area contributed by atoms with E-state index in [1.165, 1.54) is 6.21 Å². The first-order chi connectivity index (χ1) is 10.3. The number of halogens is 5. The Morgan fingerprint density at radius 2 is 1.91 bits per heavy atom. The molecule has 2 aromatic rings. The lowest BCUT2D eigenvalue weighted by atomic mass is 10.0. The van der Waals surface area contributed by atoms with Crippen LogP contribution in [0.3, 0.4) is 0 Å². The number of aromatic nitrogens is 1. The minimum Gasteiger partial charge on any atom is -0.411 e. The summed E-state index contributed by atoms with van der Waals surface area (Å²) in [6.45, 7) is 0. The Hall–Kier alpha value is -1.79. The van der Waals surface area contributed by atoms with Gasteiger partial charge in [0.25, 0.3) is 0 Å². The zero-order valence-corrected chi connectivity index (χ0v) is 12.4. The molecule has 0 aliphatic heterocycles. The second kappa shape index (κ2) is 6.54. The molecule has 8 heteroatoms. The van der Waals surface area contributed by atoms with Crippen molar-refractivity contribution in [2.45, 2.75) is 12.6 Å². The molecule has 116 valence electrons. The Morgan fingerprint density at radius 1 is 1.18 bits per heavy atom. The minimum absolute atomic E-state index is 0.112. The molecule has 0 saturated carbocycles. The molecule has 0 spiro atoms. The van der Waals surface area contributed by atoms with Crippen LogP contribution in [0.15, 0.2) is 35.6 Å². The fraction of sp³-hybridized carbons (Fsp3) is 0.143. The van der Waals surface area contributed by atoms with Crippen molar-refractivity contribution in [3.05, 3.63) is 51.6 Å². The number of alkyl halides is 3. The third-order valence-corrected chi connectivity index (χ3v) is 3.54. The summed E-state index contributed by atoms with van der Waals surface area (Å²) in [6.07, 6.45) is -2.27. The number of nitrogens with zero attached hydrogens (tertiary/aromatic N) is 2. The van der Waals surface area contributed by atoms with Crippen molar-refractivity contribution in [2.24, 2.45) is 5.16 Å². The predicted octanol–water partition coefficient (Wildman–Crippen LogP) is 5.08. The molecular weight excluding hydrogens is 340 g/mol. The molecule has 1 heterocycles. The van der Waals surface area contributed by atoms with Gasteiger partial charge < -0.3 is 5.21 Å². The third kappa shape index (κ3) is 3.69. The smallest absolute Gasteiger partial charge is 0.411 e. The maximum absolute atomic E-state index is 12.6. The van der Waals surface area contributed by atoms with Crippen molar-refractivity contribution in [1.29, 1.82) is 0 Å². The molecule has 0 radical (unpaired) electrons. The normalized spacial score (nSPS) is 12.0. The van der Waals surface area contributed by atoms with E-state index in [9.17, 15) is 13.2 Å². The van der Waals surface area contributed by atoms with E-state index in [1.807, 2.05) is 0 Å². The van der Waals surface area contributed by atoms with E-state index in [2.05, 4.69) is 10.1 Å². The number of benzene rings is 1. The maximum atomic E-state index is 12.6. The van der Waals surface area contributed by atoms with Crippen LogP contribution in [0.5, 0.6) is 0 Å². The molecule has 0 aliphatic rings. The second-order valence-electron chi connectivity index (χ2n) is 4.36. The molecule has 22 heavy (non-hydrogen) atoms. The Labute approximate surface area is 134 Å². The molecule has 0 unspecified atom stereocenters. The number of hydrogen-bond donors (Lipinski definition) is 1. The average Bonchev–Trinajstić information content (AvgIpc) is 2.45. The van der Waals surface area contributed by atoms with Crippen LogP contribution in [-0.4, -0.2) is 16.4 Å². The second-order valence-corrected chi connectivity index (χ2v) is 5.17.